The largest absolute Gasteiger partial charge is 0.463 e. The first-order chi connectivity index (χ1) is 7.86. The van der Waals surface area contributed by atoms with E-state index in [2.05, 4.69) is 6.92 Å². The molecule has 0 spiro atoms. The summed E-state index contributed by atoms with van der Waals surface area (Å²) in [5.74, 6) is -0.104. The van der Waals surface area contributed by atoms with Gasteiger partial charge in [0.25, 0.3) is 0 Å². The molecule has 0 aliphatic heterocycles. The lowest BCUT2D eigenvalue weighted by Crippen LogP contribution is -2.32. The van der Waals surface area contributed by atoms with Crippen molar-refractivity contribution in [3.05, 3.63) is 6.92 Å². The van der Waals surface area contributed by atoms with E-state index >= 15 is 0 Å². The number of hydrogen-bond acceptors (Lipinski definition) is 3. The molecule has 3 heteroatoms. The van der Waals surface area contributed by atoms with Crippen molar-refractivity contribution < 1.29 is 14.3 Å². The topological polar surface area (TPSA) is 35.5 Å². The number of carbonyl (C=O) groups is 1. The smallest absolute Gasteiger partial charge is 0.308 e. The summed E-state index contributed by atoms with van der Waals surface area (Å²) in [6.45, 7) is 14.1. The molecule has 2 atom stereocenters. The minimum atomic E-state index is -0.402. The highest BCUT2D eigenvalue weighted by molar-refractivity contribution is 5.72. The number of ether oxygens (including phenoxy) is 2. The maximum Gasteiger partial charge on any atom is 0.308 e. The van der Waals surface area contributed by atoms with E-state index in [0.717, 1.165) is 19.3 Å². The standard InChI is InChI=1S/C14H27O3/c1-7-12(8-2)13(15)16-10-11(4)17-14(5,6)9-3/h11-12H,5,7-10H2,1-4,6H3/q-1. The Labute approximate surface area is 106 Å². The van der Waals surface area contributed by atoms with Crippen LogP contribution < -0.4 is 0 Å². The van der Waals surface area contributed by atoms with Crippen molar-refractivity contribution in [2.75, 3.05) is 6.61 Å². The molecule has 0 amide bonds. The highest BCUT2D eigenvalue weighted by Crippen LogP contribution is 2.16. The van der Waals surface area contributed by atoms with E-state index in [1.807, 2.05) is 34.6 Å². The quantitative estimate of drug-likeness (QED) is 0.484. The predicted octanol–water partition coefficient (Wildman–Crippen LogP) is 3.37. The van der Waals surface area contributed by atoms with Gasteiger partial charge < -0.3 is 16.4 Å². The molecular formula is C14H27O3-. The van der Waals surface area contributed by atoms with Gasteiger partial charge in [-0.2, -0.15) is 0 Å². The van der Waals surface area contributed by atoms with Crippen LogP contribution in [0.2, 0.25) is 0 Å². The highest BCUT2D eigenvalue weighted by Gasteiger charge is 2.18. The zero-order chi connectivity index (χ0) is 13.5. The molecule has 0 heterocycles. The van der Waals surface area contributed by atoms with Crippen LogP contribution in [0.5, 0.6) is 0 Å². The number of esters is 1. The maximum absolute atomic E-state index is 11.7. The van der Waals surface area contributed by atoms with E-state index in [0.29, 0.717) is 6.61 Å². The van der Waals surface area contributed by atoms with E-state index in [4.69, 9.17) is 9.47 Å². The molecule has 3 nitrogen and oxygen atoms in total. The highest BCUT2D eigenvalue weighted by atomic mass is 16.6. The van der Waals surface area contributed by atoms with Crippen LogP contribution in [0.3, 0.4) is 0 Å². The molecule has 0 aromatic carbocycles. The molecule has 0 bridgehead atoms. The van der Waals surface area contributed by atoms with Crippen molar-refractivity contribution in [1.82, 2.24) is 0 Å². The fourth-order valence-electron chi connectivity index (χ4n) is 1.54. The normalized spacial score (nSPS) is 16.6. The average molecular weight is 243 g/mol. The first kappa shape index (κ1) is 16.4. The molecule has 0 saturated heterocycles. The van der Waals surface area contributed by atoms with Crippen LogP contribution in [0.25, 0.3) is 0 Å². The molecule has 0 fully saturated rings. The summed E-state index contributed by atoms with van der Waals surface area (Å²) < 4.78 is 10.9. The predicted molar refractivity (Wildman–Crippen MR) is 69.6 cm³/mol. The van der Waals surface area contributed by atoms with E-state index in [1.165, 1.54) is 0 Å². The lowest BCUT2D eigenvalue weighted by molar-refractivity contribution is -0.156. The number of rotatable bonds is 8. The molecule has 0 aromatic heterocycles. The van der Waals surface area contributed by atoms with Gasteiger partial charge in [0.15, 0.2) is 0 Å². The first-order valence-electron chi connectivity index (χ1n) is 6.56. The van der Waals surface area contributed by atoms with Gasteiger partial charge in [-0.25, -0.2) is 0 Å². The minimum absolute atomic E-state index is 0.0134. The molecular weight excluding hydrogens is 216 g/mol. The Kier molecular flexibility index (Phi) is 7.44. The van der Waals surface area contributed by atoms with Crippen LogP contribution in [0.15, 0.2) is 0 Å². The van der Waals surface area contributed by atoms with Gasteiger partial charge in [-0.15, -0.1) is 0 Å². The van der Waals surface area contributed by atoms with Gasteiger partial charge in [-0.3, -0.25) is 4.79 Å². The summed E-state index contributed by atoms with van der Waals surface area (Å²) in [6, 6.07) is 0. The van der Waals surface area contributed by atoms with Gasteiger partial charge in [0.2, 0.25) is 0 Å². The van der Waals surface area contributed by atoms with Gasteiger partial charge in [0.05, 0.1) is 12.0 Å². The SMILES string of the molecule is [CH2-]C(C)(CC)OC(C)COC(=O)C(CC)CC. The average Bonchev–Trinajstić information content (AvgIpc) is 2.27. The molecule has 102 valence electrons. The molecule has 17 heavy (non-hydrogen) atoms. The summed E-state index contributed by atoms with van der Waals surface area (Å²) in [5, 5.41) is 0. The third-order valence-corrected chi connectivity index (χ3v) is 3.01. The second-order valence-corrected chi connectivity index (χ2v) is 4.88. The Morgan fingerprint density at radius 3 is 2.24 bits per heavy atom. The van der Waals surface area contributed by atoms with Crippen molar-refractivity contribution in [3.8, 4) is 0 Å². The van der Waals surface area contributed by atoms with Crippen LogP contribution in [0.1, 0.15) is 53.9 Å². The van der Waals surface area contributed by atoms with Crippen LogP contribution in [0, 0.1) is 12.8 Å². The molecule has 0 radical (unpaired) electrons. The Morgan fingerprint density at radius 2 is 1.82 bits per heavy atom. The van der Waals surface area contributed by atoms with Crippen molar-refractivity contribution in [3.63, 3.8) is 0 Å². The van der Waals surface area contributed by atoms with E-state index in [-0.39, 0.29) is 18.0 Å². The third-order valence-electron chi connectivity index (χ3n) is 3.01. The van der Waals surface area contributed by atoms with Gasteiger partial charge in [-0.1, -0.05) is 39.7 Å². The Bertz CT molecular complexity index is 220. The summed E-state index contributed by atoms with van der Waals surface area (Å²) in [7, 11) is 0. The summed E-state index contributed by atoms with van der Waals surface area (Å²) in [5.41, 5.74) is -0.402. The fraction of sp³-hybridized carbons (Fsp3) is 0.857. The maximum atomic E-state index is 11.7. The summed E-state index contributed by atoms with van der Waals surface area (Å²) >= 11 is 0. The lowest BCUT2D eigenvalue weighted by atomic mass is 10.0. The second-order valence-electron chi connectivity index (χ2n) is 4.88. The molecule has 0 aliphatic rings. The van der Waals surface area contributed by atoms with Crippen molar-refractivity contribution in [2.24, 2.45) is 5.92 Å². The van der Waals surface area contributed by atoms with Crippen LogP contribution in [-0.4, -0.2) is 24.3 Å². The number of hydrogen-bond donors (Lipinski definition) is 0. The third kappa shape index (κ3) is 6.67. The molecule has 0 saturated carbocycles. The Balaban J connectivity index is 3.99. The van der Waals surface area contributed by atoms with Crippen LogP contribution in [-0.2, 0) is 14.3 Å². The molecule has 2 unspecified atom stereocenters. The lowest BCUT2D eigenvalue weighted by Gasteiger charge is -2.34. The van der Waals surface area contributed by atoms with Crippen molar-refractivity contribution in [1.29, 1.82) is 0 Å². The number of carbonyl (C=O) groups excluding carboxylic acids is 1. The van der Waals surface area contributed by atoms with Gasteiger partial charge in [-0.05, 0) is 19.8 Å². The molecule has 0 aromatic rings. The first-order valence-corrected chi connectivity index (χ1v) is 6.56. The zero-order valence-corrected chi connectivity index (χ0v) is 11.9. The molecule has 0 aliphatic carbocycles. The zero-order valence-electron chi connectivity index (χ0n) is 11.9. The van der Waals surface area contributed by atoms with Crippen molar-refractivity contribution in [2.45, 2.75) is 65.6 Å². The molecule has 0 rings (SSSR count). The Morgan fingerprint density at radius 1 is 1.29 bits per heavy atom. The van der Waals surface area contributed by atoms with Gasteiger partial charge in [0, 0.05) is 0 Å². The van der Waals surface area contributed by atoms with Gasteiger partial charge in [0.1, 0.15) is 6.61 Å². The van der Waals surface area contributed by atoms with Gasteiger partial charge >= 0.3 is 5.97 Å². The molecule has 0 N–H and O–H groups in total. The van der Waals surface area contributed by atoms with E-state index in [1.54, 1.807) is 0 Å². The summed E-state index contributed by atoms with van der Waals surface area (Å²) in [4.78, 5) is 11.7. The monoisotopic (exact) mass is 243 g/mol. The summed E-state index contributed by atoms with van der Waals surface area (Å²) in [6.07, 6.45) is 2.37. The van der Waals surface area contributed by atoms with E-state index in [9.17, 15) is 4.79 Å². The van der Waals surface area contributed by atoms with Crippen molar-refractivity contribution >= 4 is 5.97 Å². The van der Waals surface area contributed by atoms with Crippen LogP contribution >= 0.6 is 0 Å². The Hall–Kier alpha value is -0.570. The minimum Gasteiger partial charge on any atom is -0.463 e. The van der Waals surface area contributed by atoms with Crippen LogP contribution in [0.4, 0.5) is 0 Å². The second kappa shape index (κ2) is 7.70. The van der Waals surface area contributed by atoms with E-state index < -0.39 is 5.60 Å². The fourth-order valence-corrected chi connectivity index (χ4v) is 1.54.